The van der Waals surface area contributed by atoms with Gasteiger partial charge in [-0.15, -0.1) is 0 Å². The number of rotatable bonds is 7. The molecule has 0 atom stereocenters. The molecule has 2 heterocycles. The molecule has 1 aromatic carbocycles. The van der Waals surface area contributed by atoms with Gasteiger partial charge in [0.15, 0.2) is 5.65 Å². The minimum absolute atomic E-state index is 0.0249. The highest BCUT2D eigenvalue weighted by atomic mass is 16.2. The van der Waals surface area contributed by atoms with Crippen molar-refractivity contribution in [1.29, 1.82) is 0 Å². The highest BCUT2D eigenvalue weighted by molar-refractivity contribution is 5.86. The lowest BCUT2D eigenvalue weighted by atomic mass is 9.96. The largest absolute Gasteiger partial charge is 0.369 e. The Morgan fingerprint density at radius 3 is 2.63 bits per heavy atom. The molecule has 0 spiro atoms. The number of anilines is 1. The van der Waals surface area contributed by atoms with Crippen LogP contribution in [0.4, 0.5) is 5.82 Å². The number of nitrogens with one attached hydrogen (secondary N) is 2. The molecule has 1 amide bonds. The molecule has 3 aromatic rings. The predicted molar refractivity (Wildman–Crippen MR) is 106 cm³/mol. The van der Waals surface area contributed by atoms with Gasteiger partial charge in [-0.1, -0.05) is 51.1 Å². The van der Waals surface area contributed by atoms with Crippen molar-refractivity contribution in [3.63, 3.8) is 0 Å². The highest BCUT2D eigenvalue weighted by Crippen LogP contribution is 2.18. The standard InChI is InChI=1S/C20H26N6O/c1-20(2,3)19(27)22-11-12-26-18-16(13-25-26)17(23-14-24-18)21-10-9-15-7-5-4-6-8-15/h4-8,13-14H,9-12H2,1-3H3,(H,22,27)(H,21,23,24). The van der Waals surface area contributed by atoms with E-state index >= 15 is 0 Å². The molecule has 0 aliphatic carbocycles. The minimum atomic E-state index is -0.399. The van der Waals surface area contributed by atoms with Gasteiger partial charge < -0.3 is 10.6 Å². The number of amides is 1. The predicted octanol–water partition coefficient (Wildman–Crippen LogP) is 2.64. The number of nitrogens with zero attached hydrogens (tertiary/aromatic N) is 4. The summed E-state index contributed by atoms with van der Waals surface area (Å²) in [5.41, 5.74) is 1.64. The first-order chi connectivity index (χ1) is 12.9. The summed E-state index contributed by atoms with van der Waals surface area (Å²) in [6.45, 7) is 7.53. The number of aromatic nitrogens is 4. The fourth-order valence-corrected chi connectivity index (χ4v) is 2.71. The maximum Gasteiger partial charge on any atom is 0.225 e. The molecule has 0 saturated heterocycles. The highest BCUT2D eigenvalue weighted by Gasteiger charge is 2.20. The molecule has 0 aliphatic rings. The van der Waals surface area contributed by atoms with Crippen molar-refractivity contribution in [2.24, 2.45) is 5.41 Å². The lowest BCUT2D eigenvalue weighted by molar-refractivity contribution is -0.128. The van der Waals surface area contributed by atoms with Gasteiger partial charge in [-0.2, -0.15) is 5.10 Å². The molecule has 0 aliphatic heterocycles. The topological polar surface area (TPSA) is 84.7 Å². The van der Waals surface area contributed by atoms with E-state index in [4.69, 9.17) is 0 Å². The van der Waals surface area contributed by atoms with Crippen molar-refractivity contribution in [3.05, 3.63) is 48.4 Å². The third-order valence-corrected chi connectivity index (χ3v) is 4.27. The zero-order valence-electron chi connectivity index (χ0n) is 16.1. The molecule has 3 rings (SSSR count). The number of fused-ring (bicyclic) bond motifs is 1. The molecule has 2 N–H and O–H groups in total. The van der Waals surface area contributed by atoms with E-state index in [0.717, 1.165) is 29.8 Å². The Balaban J connectivity index is 1.61. The van der Waals surface area contributed by atoms with Crippen molar-refractivity contribution >= 4 is 22.8 Å². The van der Waals surface area contributed by atoms with Crippen LogP contribution in [0.1, 0.15) is 26.3 Å². The summed E-state index contributed by atoms with van der Waals surface area (Å²) in [7, 11) is 0. The van der Waals surface area contributed by atoms with E-state index in [2.05, 4.69) is 37.8 Å². The third kappa shape index (κ3) is 4.81. The first-order valence-electron chi connectivity index (χ1n) is 9.18. The van der Waals surface area contributed by atoms with Gasteiger partial charge in [0, 0.05) is 18.5 Å². The first-order valence-corrected chi connectivity index (χ1v) is 9.18. The normalized spacial score (nSPS) is 11.5. The Bertz CT molecular complexity index is 898. The van der Waals surface area contributed by atoms with Gasteiger partial charge in [0.2, 0.25) is 5.91 Å². The fourth-order valence-electron chi connectivity index (χ4n) is 2.71. The van der Waals surface area contributed by atoms with Crippen LogP contribution in [0, 0.1) is 5.41 Å². The number of carbonyl (C=O) groups is 1. The van der Waals surface area contributed by atoms with Gasteiger partial charge >= 0.3 is 0 Å². The minimum Gasteiger partial charge on any atom is -0.369 e. The SMILES string of the molecule is CC(C)(C)C(=O)NCCn1ncc2c(NCCc3ccccc3)ncnc21. The van der Waals surface area contributed by atoms with Crippen molar-refractivity contribution in [2.75, 3.05) is 18.4 Å². The van der Waals surface area contributed by atoms with Crippen molar-refractivity contribution in [2.45, 2.75) is 33.7 Å². The summed E-state index contributed by atoms with van der Waals surface area (Å²) in [4.78, 5) is 20.7. The van der Waals surface area contributed by atoms with E-state index in [1.54, 1.807) is 17.2 Å². The van der Waals surface area contributed by atoms with Gasteiger partial charge in [-0.3, -0.25) is 4.79 Å². The number of hydrogen-bond acceptors (Lipinski definition) is 5. The summed E-state index contributed by atoms with van der Waals surface area (Å²) in [6, 6.07) is 10.3. The Morgan fingerprint density at radius 2 is 1.89 bits per heavy atom. The van der Waals surface area contributed by atoms with Crippen LogP contribution in [0.15, 0.2) is 42.9 Å². The summed E-state index contributed by atoms with van der Waals surface area (Å²) >= 11 is 0. The van der Waals surface area contributed by atoms with Gasteiger partial charge in [-0.05, 0) is 12.0 Å². The van der Waals surface area contributed by atoms with Gasteiger partial charge in [0.05, 0.1) is 18.1 Å². The van der Waals surface area contributed by atoms with Crippen LogP contribution in [-0.4, -0.2) is 38.7 Å². The average molecular weight is 366 g/mol. The molecule has 142 valence electrons. The molecule has 27 heavy (non-hydrogen) atoms. The van der Waals surface area contributed by atoms with Crippen LogP contribution in [0.25, 0.3) is 11.0 Å². The van der Waals surface area contributed by atoms with E-state index in [1.807, 2.05) is 39.0 Å². The van der Waals surface area contributed by atoms with E-state index in [1.165, 1.54) is 5.56 Å². The van der Waals surface area contributed by atoms with Crippen LogP contribution in [0.2, 0.25) is 0 Å². The Labute approximate surface area is 159 Å². The monoisotopic (exact) mass is 366 g/mol. The van der Waals surface area contributed by atoms with Crippen LogP contribution >= 0.6 is 0 Å². The molecule has 0 saturated carbocycles. The maximum atomic E-state index is 12.0. The average Bonchev–Trinajstić information content (AvgIpc) is 3.06. The van der Waals surface area contributed by atoms with E-state index in [0.29, 0.717) is 13.1 Å². The van der Waals surface area contributed by atoms with E-state index in [-0.39, 0.29) is 5.91 Å². The van der Waals surface area contributed by atoms with Crippen molar-refractivity contribution in [1.82, 2.24) is 25.1 Å². The Kier molecular flexibility index (Phi) is 5.69. The zero-order chi connectivity index (χ0) is 19.3. The van der Waals surface area contributed by atoms with Crippen molar-refractivity contribution < 1.29 is 4.79 Å². The van der Waals surface area contributed by atoms with E-state index in [9.17, 15) is 4.79 Å². The molecular weight excluding hydrogens is 340 g/mol. The Hall–Kier alpha value is -2.96. The van der Waals surface area contributed by atoms with Crippen LogP contribution in [0.3, 0.4) is 0 Å². The molecule has 7 nitrogen and oxygen atoms in total. The molecular formula is C20H26N6O. The molecule has 0 bridgehead atoms. The summed E-state index contributed by atoms with van der Waals surface area (Å²) in [5.74, 6) is 0.803. The van der Waals surface area contributed by atoms with Gasteiger partial charge in [-0.25, -0.2) is 14.6 Å². The molecule has 0 unspecified atom stereocenters. The second kappa shape index (κ2) is 8.16. The molecule has 0 radical (unpaired) electrons. The van der Waals surface area contributed by atoms with Crippen LogP contribution in [0.5, 0.6) is 0 Å². The summed E-state index contributed by atoms with van der Waals surface area (Å²) in [6.07, 6.45) is 4.23. The molecule has 7 heteroatoms. The van der Waals surface area contributed by atoms with Crippen molar-refractivity contribution in [3.8, 4) is 0 Å². The number of carbonyl (C=O) groups excluding carboxylic acids is 1. The number of benzene rings is 1. The van der Waals surface area contributed by atoms with Crippen LogP contribution in [-0.2, 0) is 17.8 Å². The lowest BCUT2D eigenvalue weighted by Gasteiger charge is -2.17. The third-order valence-electron chi connectivity index (χ3n) is 4.27. The summed E-state index contributed by atoms with van der Waals surface area (Å²) < 4.78 is 1.79. The van der Waals surface area contributed by atoms with E-state index < -0.39 is 5.41 Å². The zero-order valence-corrected chi connectivity index (χ0v) is 16.1. The quantitative estimate of drug-likeness (QED) is 0.671. The fraction of sp³-hybridized carbons (Fsp3) is 0.400. The van der Waals surface area contributed by atoms with Crippen LogP contribution < -0.4 is 10.6 Å². The Morgan fingerprint density at radius 1 is 1.11 bits per heavy atom. The lowest BCUT2D eigenvalue weighted by Crippen LogP contribution is -2.36. The second-order valence-electron chi connectivity index (χ2n) is 7.50. The smallest absolute Gasteiger partial charge is 0.225 e. The summed E-state index contributed by atoms with van der Waals surface area (Å²) in [5, 5.41) is 11.6. The van der Waals surface area contributed by atoms with Gasteiger partial charge in [0.1, 0.15) is 12.1 Å². The van der Waals surface area contributed by atoms with Gasteiger partial charge in [0.25, 0.3) is 0 Å². The number of hydrogen-bond donors (Lipinski definition) is 2. The first kappa shape index (κ1) is 18.8. The maximum absolute atomic E-state index is 12.0. The molecule has 2 aromatic heterocycles. The second-order valence-corrected chi connectivity index (χ2v) is 7.50. The molecule has 0 fully saturated rings.